The molecule has 2 heterocycles. The lowest BCUT2D eigenvalue weighted by atomic mass is 10.0. The molecule has 0 N–H and O–H groups in total. The summed E-state index contributed by atoms with van der Waals surface area (Å²) in [5.41, 5.74) is 0.637. The van der Waals surface area contributed by atoms with Crippen LogP contribution >= 0.6 is 22.6 Å². The molecule has 2 rings (SSSR count). The van der Waals surface area contributed by atoms with E-state index in [9.17, 15) is 4.79 Å². The monoisotopic (exact) mass is 338 g/mol. The lowest BCUT2D eigenvalue weighted by Gasteiger charge is -2.31. The maximum atomic E-state index is 11.4. The standard InChI is InChI=1S/C11H15IO4/c1-8-7-9(16-10(8)13)11(3-2-4-12)14-5-6-15-11/h7,9H,2-6H2,1H3. The lowest BCUT2D eigenvalue weighted by Crippen LogP contribution is -2.43. The molecule has 0 radical (unpaired) electrons. The molecular weight excluding hydrogens is 323 g/mol. The molecule has 0 aliphatic carbocycles. The Balaban J connectivity index is 2.11. The zero-order valence-corrected chi connectivity index (χ0v) is 11.4. The van der Waals surface area contributed by atoms with Gasteiger partial charge in [-0.05, 0) is 23.8 Å². The van der Waals surface area contributed by atoms with Crippen LogP contribution in [0.2, 0.25) is 0 Å². The summed E-state index contributed by atoms with van der Waals surface area (Å²) in [6.07, 6.45) is 3.17. The Labute approximate surface area is 108 Å². The Morgan fingerprint density at radius 3 is 2.69 bits per heavy atom. The zero-order chi connectivity index (χ0) is 11.6. The van der Waals surface area contributed by atoms with Crippen molar-refractivity contribution in [3.05, 3.63) is 11.6 Å². The highest BCUT2D eigenvalue weighted by Crippen LogP contribution is 2.35. The van der Waals surface area contributed by atoms with E-state index in [2.05, 4.69) is 22.6 Å². The van der Waals surface area contributed by atoms with Gasteiger partial charge in [-0.15, -0.1) is 0 Å². The Bertz CT molecular complexity index is 307. The van der Waals surface area contributed by atoms with Crippen molar-refractivity contribution in [1.82, 2.24) is 0 Å². The fourth-order valence-corrected chi connectivity index (χ4v) is 2.37. The highest BCUT2D eigenvalue weighted by molar-refractivity contribution is 14.1. The SMILES string of the molecule is CC1=CC(C2(CCCI)OCCO2)OC1=O. The number of carbonyl (C=O) groups is 1. The number of hydrogen-bond acceptors (Lipinski definition) is 4. The molecule has 0 amide bonds. The number of alkyl halides is 1. The maximum Gasteiger partial charge on any atom is 0.334 e. The number of esters is 1. The average Bonchev–Trinajstić information content (AvgIpc) is 2.85. The molecule has 1 saturated heterocycles. The van der Waals surface area contributed by atoms with Gasteiger partial charge in [0.15, 0.2) is 6.10 Å². The molecule has 0 aromatic heterocycles. The smallest absolute Gasteiger partial charge is 0.334 e. The highest BCUT2D eigenvalue weighted by atomic mass is 127. The first-order chi connectivity index (χ1) is 7.68. The molecule has 5 heteroatoms. The number of carbonyl (C=O) groups excluding carboxylic acids is 1. The second-order valence-electron chi connectivity index (χ2n) is 3.98. The maximum absolute atomic E-state index is 11.4. The lowest BCUT2D eigenvalue weighted by molar-refractivity contribution is -0.217. The summed E-state index contributed by atoms with van der Waals surface area (Å²) in [4.78, 5) is 11.4. The molecule has 16 heavy (non-hydrogen) atoms. The number of ether oxygens (including phenoxy) is 3. The van der Waals surface area contributed by atoms with Crippen LogP contribution < -0.4 is 0 Å². The van der Waals surface area contributed by atoms with Crippen LogP contribution in [0.15, 0.2) is 11.6 Å². The molecule has 4 nitrogen and oxygen atoms in total. The summed E-state index contributed by atoms with van der Waals surface area (Å²) in [7, 11) is 0. The molecule has 1 unspecified atom stereocenters. The van der Waals surface area contributed by atoms with Crippen molar-refractivity contribution in [3.8, 4) is 0 Å². The molecule has 0 aromatic rings. The topological polar surface area (TPSA) is 44.8 Å². The van der Waals surface area contributed by atoms with Crippen LogP contribution in [0, 0.1) is 0 Å². The van der Waals surface area contributed by atoms with Gasteiger partial charge >= 0.3 is 5.97 Å². The molecule has 2 aliphatic rings. The van der Waals surface area contributed by atoms with Crippen molar-refractivity contribution >= 4 is 28.6 Å². The fourth-order valence-electron chi connectivity index (χ4n) is 1.99. The summed E-state index contributed by atoms with van der Waals surface area (Å²) in [6.45, 7) is 2.90. The van der Waals surface area contributed by atoms with E-state index in [-0.39, 0.29) is 12.1 Å². The highest BCUT2D eigenvalue weighted by Gasteiger charge is 2.47. The van der Waals surface area contributed by atoms with Crippen LogP contribution in [0.25, 0.3) is 0 Å². The van der Waals surface area contributed by atoms with E-state index in [4.69, 9.17) is 14.2 Å². The summed E-state index contributed by atoms with van der Waals surface area (Å²) >= 11 is 2.32. The van der Waals surface area contributed by atoms with Crippen molar-refractivity contribution in [2.75, 3.05) is 17.6 Å². The Morgan fingerprint density at radius 2 is 2.19 bits per heavy atom. The van der Waals surface area contributed by atoms with Crippen molar-refractivity contribution < 1.29 is 19.0 Å². The van der Waals surface area contributed by atoms with Crippen molar-refractivity contribution in [1.29, 1.82) is 0 Å². The molecule has 0 saturated carbocycles. The van der Waals surface area contributed by atoms with Gasteiger partial charge in [-0.2, -0.15) is 0 Å². The van der Waals surface area contributed by atoms with Crippen LogP contribution in [0.5, 0.6) is 0 Å². The first kappa shape index (κ1) is 12.3. The normalized spacial score (nSPS) is 28.0. The second-order valence-corrected chi connectivity index (χ2v) is 5.06. The van der Waals surface area contributed by atoms with Crippen LogP contribution in [0.4, 0.5) is 0 Å². The van der Waals surface area contributed by atoms with E-state index >= 15 is 0 Å². The third-order valence-electron chi connectivity index (χ3n) is 2.83. The van der Waals surface area contributed by atoms with E-state index < -0.39 is 5.79 Å². The quantitative estimate of drug-likeness (QED) is 0.446. The summed E-state index contributed by atoms with van der Waals surface area (Å²) in [5, 5.41) is 0. The first-order valence-electron chi connectivity index (χ1n) is 5.41. The predicted molar refractivity (Wildman–Crippen MR) is 66.4 cm³/mol. The second kappa shape index (κ2) is 5.01. The molecule has 90 valence electrons. The van der Waals surface area contributed by atoms with E-state index in [0.29, 0.717) is 18.8 Å². The minimum absolute atomic E-state index is 0.266. The van der Waals surface area contributed by atoms with Crippen LogP contribution in [-0.2, 0) is 19.0 Å². The third kappa shape index (κ3) is 2.26. The van der Waals surface area contributed by atoms with E-state index in [1.807, 2.05) is 0 Å². The van der Waals surface area contributed by atoms with Gasteiger partial charge in [-0.3, -0.25) is 0 Å². The van der Waals surface area contributed by atoms with E-state index in [1.165, 1.54) is 0 Å². The van der Waals surface area contributed by atoms with Gasteiger partial charge in [0.2, 0.25) is 5.79 Å². The molecule has 0 spiro atoms. The Kier molecular flexibility index (Phi) is 3.86. The first-order valence-corrected chi connectivity index (χ1v) is 6.94. The van der Waals surface area contributed by atoms with Crippen molar-refractivity contribution in [2.24, 2.45) is 0 Å². The van der Waals surface area contributed by atoms with Gasteiger partial charge in [0.05, 0.1) is 13.2 Å². The van der Waals surface area contributed by atoms with E-state index in [0.717, 1.165) is 17.3 Å². The average molecular weight is 338 g/mol. The molecule has 0 aromatic carbocycles. The van der Waals surface area contributed by atoms with Crippen molar-refractivity contribution in [3.63, 3.8) is 0 Å². The minimum Gasteiger partial charge on any atom is -0.449 e. The Morgan fingerprint density at radius 1 is 1.50 bits per heavy atom. The van der Waals surface area contributed by atoms with Crippen LogP contribution in [-0.4, -0.2) is 35.5 Å². The fraction of sp³-hybridized carbons (Fsp3) is 0.727. The summed E-state index contributed by atoms with van der Waals surface area (Å²) < 4.78 is 17.7. The van der Waals surface area contributed by atoms with Gasteiger partial charge in [-0.25, -0.2) is 4.79 Å². The van der Waals surface area contributed by atoms with Crippen molar-refractivity contribution in [2.45, 2.75) is 31.7 Å². The zero-order valence-electron chi connectivity index (χ0n) is 9.20. The molecule has 0 bridgehead atoms. The number of hydrogen-bond donors (Lipinski definition) is 0. The summed E-state index contributed by atoms with van der Waals surface area (Å²) in [5.74, 6) is -1.00. The Hall–Kier alpha value is -0.140. The van der Waals surface area contributed by atoms with Crippen LogP contribution in [0.1, 0.15) is 19.8 Å². The third-order valence-corrected chi connectivity index (χ3v) is 3.59. The number of cyclic esters (lactones) is 1. The van der Waals surface area contributed by atoms with Gasteiger partial charge < -0.3 is 14.2 Å². The minimum atomic E-state index is -0.738. The van der Waals surface area contributed by atoms with Crippen LogP contribution in [0.3, 0.4) is 0 Å². The number of halogens is 1. The van der Waals surface area contributed by atoms with Gasteiger partial charge in [0.1, 0.15) is 0 Å². The molecule has 2 aliphatic heterocycles. The van der Waals surface area contributed by atoms with Gasteiger partial charge in [-0.1, -0.05) is 22.6 Å². The summed E-state index contributed by atoms with van der Waals surface area (Å²) in [6, 6.07) is 0. The largest absolute Gasteiger partial charge is 0.449 e. The predicted octanol–water partition coefficient (Wildman–Crippen LogP) is 1.82. The van der Waals surface area contributed by atoms with Gasteiger partial charge in [0.25, 0.3) is 0 Å². The molecular formula is C11H15IO4. The van der Waals surface area contributed by atoms with Gasteiger partial charge in [0, 0.05) is 12.0 Å². The molecule has 1 fully saturated rings. The van der Waals surface area contributed by atoms with E-state index in [1.54, 1.807) is 13.0 Å². The number of rotatable bonds is 4. The molecule has 1 atom stereocenters.